The van der Waals surface area contributed by atoms with Gasteiger partial charge in [-0.05, 0) is 54.4 Å². The van der Waals surface area contributed by atoms with Crippen LogP contribution in [0, 0.1) is 16.7 Å². The second-order valence-corrected chi connectivity index (χ2v) is 12.0. The van der Waals surface area contributed by atoms with Gasteiger partial charge in [0.05, 0.1) is 18.4 Å². The Morgan fingerprint density at radius 3 is 2.81 bits per heavy atom. The van der Waals surface area contributed by atoms with Crippen molar-refractivity contribution in [2.45, 2.75) is 58.1 Å². The average molecular weight is 523 g/mol. The third kappa shape index (κ3) is 4.83. The fourth-order valence-corrected chi connectivity index (χ4v) is 7.46. The van der Waals surface area contributed by atoms with E-state index >= 15 is 0 Å². The normalized spacial score (nSPS) is 28.7. The number of nitrogens with zero attached hydrogens (tertiary/aromatic N) is 2. The van der Waals surface area contributed by atoms with Gasteiger partial charge >= 0.3 is 0 Å². The first-order chi connectivity index (χ1) is 17.7. The number of thiazole rings is 1. The molecule has 2 heterocycles. The molecule has 5 N–H and O–H groups in total. The molecule has 0 bridgehead atoms. The molecule has 2 aromatic heterocycles. The average Bonchev–Trinajstić information content (AvgIpc) is 3.29. The molecule has 2 aliphatic rings. The van der Waals surface area contributed by atoms with Crippen LogP contribution in [0.5, 0.6) is 5.75 Å². The van der Waals surface area contributed by atoms with E-state index in [1.807, 2.05) is 25.1 Å². The smallest absolute Gasteiger partial charge is 0.220 e. The van der Waals surface area contributed by atoms with Crippen LogP contribution in [-0.4, -0.2) is 43.9 Å². The van der Waals surface area contributed by atoms with Gasteiger partial charge in [-0.1, -0.05) is 26.0 Å². The Morgan fingerprint density at radius 2 is 2.08 bits per heavy atom. The number of aromatic hydroxyl groups is 1. The van der Waals surface area contributed by atoms with E-state index in [0.29, 0.717) is 24.5 Å². The van der Waals surface area contributed by atoms with Crippen molar-refractivity contribution < 1.29 is 20.1 Å². The number of rotatable bonds is 7. The summed E-state index contributed by atoms with van der Waals surface area (Å²) in [5, 5.41) is 38.3. The van der Waals surface area contributed by atoms with Crippen molar-refractivity contribution in [2.24, 2.45) is 16.7 Å². The molecule has 5 rings (SSSR count). The minimum atomic E-state index is -0.669. The number of carbonyl (C=O) groups excluding carboxylic acids is 1. The highest BCUT2D eigenvalue weighted by Crippen LogP contribution is 2.62. The van der Waals surface area contributed by atoms with Crippen LogP contribution in [0.15, 0.2) is 48.8 Å². The Morgan fingerprint density at radius 1 is 1.24 bits per heavy atom. The number of phenols is 1. The van der Waals surface area contributed by atoms with E-state index < -0.39 is 11.5 Å². The zero-order valence-electron chi connectivity index (χ0n) is 21.1. The molecule has 196 valence electrons. The number of phenolic OH excluding ortho intramolecular Hbond substituents is 1. The molecule has 5 atom stereocenters. The number of aromatic nitrogens is 2. The maximum atomic E-state index is 13.2. The second-order valence-electron chi connectivity index (χ2n) is 10.9. The molecule has 0 radical (unpaired) electrons. The van der Waals surface area contributed by atoms with Crippen molar-refractivity contribution in [3.63, 3.8) is 0 Å². The van der Waals surface area contributed by atoms with Gasteiger partial charge in [0.15, 0.2) is 5.13 Å². The molecule has 1 fully saturated rings. The van der Waals surface area contributed by atoms with E-state index in [4.69, 9.17) is 4.98 Å². The second kappa shape index (κ2) is 10.0. The molecule has 9 heteroatoms. The highest BCUT2D eigenvalue weighted by molar-refractivity contribution is 7.15. The maximum Gasteiger partial charge on any atom is 0.220 e. The van der Waals surface area contributed by atoms with Gasteiger partial charge in [0.25, 0.3) is 0 Å². The van der Waals surface area contributed by atoms with Gasteiger partial charge in [0, 0.05) is 53.3 Å². The summed E-state index contributed by atoms with van der Waals surface area (Å²) in [5.74, 6) is -0.0642. The van der Waals surface area contributed by atoms with Crippen molar-refractivity contribution in [2.75, 3.05) is 11.9 Å². The van der Waals surface area contributed by atoms with Gasteiger partial charge in [-0.2, -0.15) is 0 Å². The summed E-state index contributed by atoms with van der Waals surface area (Å²) in [6.07, 6.45) is 5.13. The Hall–Kier alpha value is -3.01. The third-order valence-electron chi connectivity index (χ3n) is 8.59. The minimum absolute atomic E-state index is 0.00792. The van der Waals surface area contributed by atoms with E-state index in [2.05, 4.69) is 22.5 Å². The SMILES string of the molecule is C[C@]1(CO)[C@H]2Cc3sc(Nc4cccc(O)c4)nc3[C@@H](CC(=O)NCc3cccnc3)[C@]2(C)CC[C@H]1O. The first-order valence-corrected chi connectivity index (χ1v) is 13.5. The zero-order chi connectivity index (χ0) is 26.2. The fraction of sp³-hybridized carbons (Fsp3) is 0.464. The van der Waals surface area contributed by atoms with E-state index in [0.717, 1.165) is 28.2 Å². The minimum Gasteiger partial charge on any atom is -0.508 e. The van der Waals surface area contributed by atoms with E-state index in [1.54, 1.807) is 30.6 Å². The van der Waals surface area contributed by atoms with Gasteiger partial charge in [0.1, 0.15) is 5.75 Å². The summed E-state index contributed by atoms with van der Waals surface area (Å²) >= 11 is 1.54. The summed E-state index contributed by atoms with van der Waals surface area (Å²) < 4.78 is 0. The lowest BCUT2D eigenvalue weighted by atomic mass is 9.47. The third-order valence-corrected chi connectivity index (χ3v) is 9.60. The molecular weight excluding hydrogens is 488 g/mol. The van der Waals surface area contributed by atoms with E-state index in [1.165, 1.54) is 11.3 Å². The zero-order valence-corrected chi connectivity index (χ0v) is 22.0. The standard InChI is InChI=1S/C28H34N4O4S/c1-27-9-8-23(35)28(2,16-33)22(27)13-21-25(32-26(37-21)31-18-6-3-7-19(34)11-18)20(27)12-24(36)30-15-17-5-4-10-29-14-17/h3-7,10-11,14,20,22-23,33-35H,8-9,12-13,15-16H2,1-2H3,(H,30,36)(H,31,32)/t20-,22+,23-,27+,28+/m1/s1. The number of nitrogens with one attached hydrogen (secondary N) is 2. The van der Waals surface area contributed by atoms with Gasteiger partial charge in [0.2, 0.25) is 5.91 Å². The lowest BCUT2D eigenvalue weighted by Gasteiger charge is -2.58. The lowest BCUT2D eigenvalue weighted by molar-refractivity contribution is -0.144. The molecule has 8 nitrogen and oxygen atoms in total. The fourth-order valence-electron chi connectivity index (χ4n) is 6.37. The summed E-state index contributed by atoms with van der Waals surface area (Å²) in [6, 6.07) is 10.7. The van der Waals surface area contributed by atoms with Crippen LogP contribution in [-0.2, 0) is 17.8 Å². The van der Waals surface area contributed by atoms with Gasteiger partial charge in [-0.15, -0.1) is 11.3 Å². The molecule has 0 unspecified atom stereocenters. The first-order valence-electron chi connectivity index (χ1n) is 12.7. The van der Waals surface area contributed by atoms with Crippen LogP contribution < -0.4 is 10.6 Å². The van der Waals surface area contributed by atoms with Crippen LogP contribution in [0.25, 0.3) is 0 Å². The number of pyridine rings is 1. The van der Waals surface area contributed by atoms with Gasteiger partial charge in [-0.3, -0.25) is 9.78 Å². The predicted octanol–water partition coefficient (Wildman–Crippen LogP) is 4.11. The molecule has 37 heavy (non-hydrogen) atoms. The summed E-state index contributed by atoms with van der Waals surface area (Å²) in [6.45, 7) is 4.45. The topological polar surface area (TPSA) is 128 Å². The Balaban J connectivity index is 1.47. The van der Waals surface area contributed by atoms with Crippen LogP contribution in [0.3, 0.4) is 0 Å². The number of fused-ring (bicyclic) bond motifs is 2. The molecule has 0 aliphatic heterocycles. The number of aliphatic hydroxyl groups is 2. The summed E-state index contributed by atoms with van der Waals surface area (Å²) in [5.41, 5.74) is 1.60. The molecule has 1 saturated carbocycles. The number of hydrogen-bond acceptors (Lipinski definition) is 8. The van der Waals surface area contributed by atoms with Crippen molar-refractivity contribution in [3.05, 3.63) is 64.9 Å². The number of hydrogen-bond donors (Lipinski definition) is 5. The predicted molar refractivity (Wildman–Crippen MR) is 143 cm³/mol. The Bertz CT molecular complexity index is 1270. The highest BCUT2D eigenvalue weighted by Gasteiger charge is 2.59. The van der Waals surface area contributed by atoms with Gasteiger partial charge in [-0.25, -0.2) is 4.98 Å². The van der Waals surface area contributed by atoms with Crippen LogP contribution in [0.1, 0.15) is 55.2 Å². The largest absolute Gasteiger partial charge is 0.508 e. The van der Waals surface area contributed by atoms with Crippen molar-refractivity contribution in [3.8, 4) is 5.75 Å². The number of carbonyl (C=O) groups is 1. The summed E-state index contributed by atoms with van der Waals surface area (Å²) in [4.78, 5) is 23.4. The van der Waals surface area contributed by atoms with Crippen molar-refractivity contribution in [1.29, 1.82) is 0 Å². The maximum absolute atomic E-state index is 13.2. The molecule has 2 aliphatic carbocycles. The number of anilines is 2. The molecule has 0 saturated heterocycles. The molecule has 0 spiro atoms. The van der Waals surface area contributed by atoms with Crippen molar-refractivity contribution >= 4 is 28.1 Å². The van der Waals surface area contributed by atoms with E-state index in [-0.39, 0.29) is 41.9 Å². The van der Waals surface area contributed by atoms with Crippen molar-refractivity contribution in [1.82, 2.24) is 15.3 Å². The molecular formula is C28H34N4O4S. The van der Waals surface area contributed by atoms with Crippen LogP contribution >= 0.6 is 11.3 Å². The molecule has 3 aromatic rings. The van der Waals surface area contributed by atoms with Crippen LogP contribution in [0.2, 0.25) is 0 Å². The number of aliphatic hydroxyl groups excluding tert-OH is 2. The van der Waals surface area contributed by atoms with E-state index in [9.17, 15) is 20.1 Å². The molecule has 1 amide bonds. The first kappa shape index (κ1) is 25.6. The summed E-state index contributed by atoms with van der Waals surface area (Å²) in [7, 11) is 0. The highest BCUT2D eigenvalue weighted by atomic mass is 32.1. The Kier molecular flexibility index (Phi) is 6.95. The number of amides is 1. The van der Waals surface area contributed by atoms with Gasteiger partial charge < -0.3 is 26.0 Å². The van der Waals surface area contributed by atoms with Crippen LogP contribution in [0.4, 0.5) is 10.8 Å². The lowest BCUT2D eigenvalue weighted by Crippen LogP contribution is -2.57. The number of benzene rings is 1. The quantitative estimate of drug-likeness (QED) is 0.316. The Labute approximate surface area is 220 Å². The molecule has 1 aromatic carbocycles. The monoisotopic (exact) mass is 522 g/mol.